The van der Waals surface area contributed by atoms with Crippen molar-refractivity contribution < 1.29 is 47.8 Å². The number of rotatable bonds is 5. The fourth-order valence-corrected chi connectivity index (χ4v) is 3.33. The molecule has 3 rings (SSSR count). The first-order valence-corrected chi connectivity index (χ1v) is 8.20. The number of carbonyl (C=O) groups excluding carboxylic acids is 5. The number of hydrogen-bond donors (Lipinski definition) is 0. The van der Waals surface area contributed by atoms with E-state index in [0.717, 1.165) is 14.2 Å². The van der Waals surface area contributed by atoms with E-state index in [1.165, 1.54) is 19.1 Å². The number of ether oxygens (including phenoxy) is 4. The molecule has 2 bridgehead atoms. The van der Waals surface area contributed by atoms with Crippen molar-refractivity contribution in [2.75, 3.05) is 20.8 Å². The van der Waals surface area contributed by atoms with Gasteiger partial charge in [-0.25, -0.2) is 14.4 Å². The van der Waals surface area contributed by atoms with Crippen LogP contribution in [0.2, 0.25) is 0 Å². The Hall–Kier alpha value is -3.21. The highest BCUT2D eigenvalue weighted by atomic mass is 16.8. The lowest BCUT2D eigenvalue weighted by Crippen LogP contribution is -2.40. The van der Waals surface area contributed by atoms with Crippen molar-refractivity contribution in [3.8, 4) is 0 Å². The van der Waals surface area contributed by atoms with Crippen molar-refractivity contribution >= 4 is 29.9 Å². The average Bonchev–Trinajstić information content (AvgIpc) is 3.27. The molecule has 2 atom stereocenters. The lowest BCUT2D eigenvalue weighted by Gasteiger charge is -2.25. The molecule has 2 unspecified atom stereocenters. The number of nitrogens with zero attached hydrogens (tertiary/aromatic N) is 1. The Labute approximate surface area is 158 Å². The molecule has 0 aromatic rings. The van der Waals surface area contributed by atoms with Crippen LogP contribution in [0, 0.1) is 0 Å². The standard InChI is InChI=1S/C17H17NO10/c1-16-6-7-17(28-16,12(14(22)25-3)11(16)13(21)24-2)8-26-15(23)27-18-9(19)4-5-10(18)20/h6-7H,4-5,8H2,1-3H3. The smallest absolute Gasteiger partial charge is 0.466 e. The van der Waals surface area contributed by atoms with Gasteiger partial charge in [0.25, 0.3) is 11.8 Å². The molecule has 3 heterocycles. The Morgan fingerprint density at radius 1 is 1.04 bits per heavy atom. The first-order valence-electron chi connectivity index (χ1n) is 8.20. The molecule has 0 spiro atoms. The molecule has 11 nitrogen and oxygen atoms in total. The quantitative estimate of drug-likeness (QED) is 0.270. The van der Waals surface area contributed by atoms with Gasteiger partial charge in [-0.05, 0) is 19.1 Å². The molecular formula is C17H17NO10. The molecule has 3 aliphatic rings. The summed E-state index contributed by atoms with van der Waals surface area (Å²) >= 11 is 0. The second kappa shape index (κ2) is 6.75. The van der Waals surface area contributed by atoms with Crippen molar-refractivity contribution in [3.63, 3.8) is 0 Å². The van der Waals surface area contributed by atoms with Crippen molar-refractivity contribution in [2.45, 2.75) is 31.0 Å². The molecule has 0 aromatic carbocycles. The molecule has 1 fully saturated rings. The summed E-state index contributed by atoms with van der Waals surface area (Å²) in [5.74, 6) is -3.01. The van der Waals surface area contributed by atoms with Gasteiger partial charge in [0, 0.05) is 12.8 Å². The van der Waals surface area contributed by atoms with Crippen LogP contribution in [0.5, 0.6) is 0 Å². The molecule has 0 aromatic heterocycles. The number of carbonyl (C=O) groups is 5. The molecule has 3 aliphatic heterocycles. The highest BCUT2D eigenvalue weighted by Gasteiger charge is 2.61. The van der Waals surface area contributed by atoms with E-state index >= 15 is 0 Å². The number of hydroxylamine groups is 2. The van der Waals surface area contributed by atoms with Crippen LogP contribution in [0.3, 0.4) is 0 Å². The van der Waals surface area contributed by atoms with Crippen LogP contribution in [0.25, 0.3) is 0 Å². The molecule has 0 saturated carbocycles. The third kappa shape index (κ3) is 2.93. The summed E-state index contributed by atoms with van der Waals surface area (Å²) in [6.07, 6.45) is 1.48. The van der Waals surface area contributed by atoms with Crippen LogP contribution in [0.1, 0.15) is 19.8 Å². The summed E-state index contributed by atoms with van der Waals surface area (Å²) in [7, 11) is 2.27. The summed E-state index contributed by atoms with van der Waals surface area (Å²) < 4.78 is 20.2. The van der Waals surface area contributed by atoms with Crippen LogP contribution in [0.15, 0.2) is 23.3 Å². The van der Waals surface area contributed by atoms with E-state index in [1.807, 2.05) is 0 Å². The van der Waals surface area contributed by atoms with Crippen LogP contribution >= 0.6 is 0 Å². The first-order chi connectivity index (χ1) is 13.2. The fraction of sp³-hybridized carbons (Fsp3) is 0.471. The minimum absolute atomic E-state index is 0.0715. The van der Waals surface area contributed by atoms with Gasteiger partial charge < -0.3 is 18.9 Å². The van der Waals surface area contributed by atoms with Crippen LogP contribution in [0.4, 0.5) is 4.79 Å². The Bertz CT molecular complexity index is 827. The minimum Gasteiger partial charge on any atom is -0.466 e. The normalized spacial score (nSPS) is 28.0. The number of hydrogen-bond acceptors (Lipinski definition) is 10. The Kier molecular flexibility index (Phi) is 4.71. The summed E-state index contributed by atoms with van der Waals surface area (Å²) in [4.78, 5) is 64.1. The number of esters is 2. The summed E-state index contributed by atoms with van der Waals surface area (Å²) in [5, 5.41) is 0.320. The van der Waals surface area contributed by atoms with E-state index < -0.39 is 47.7 Å². The Balaban J connectivity index is 1.81. The van der Waals surface area contributed by atoms with Gasteiger partial charge in [0.15, 0.2) is 5.60 Å². The molecule has 0 aliphatic carbocycles. The zero-order valence-electron chi connectivity index (χ0n) is 15.3. The topological polar surface area (TPSA) is 135 Å². The maximum absolute atomic E-state index is 12.3. The van der Waals surface area contributed by atoms with Gasteiger partial charge in [-0.3, -0.25) is 14.4 Å². The highest BCUT2D eigenvalue weighted by Crippen LogP contribution is 2.50. The minimum atomic E-state index is -1.61. The van der Waals surface area contributed by atoms with Gasteiger partial charge in [0.05, 0.1) is 25.4 Å². The van der Waals surface area contributed by atoms with Gasteiger partial charge in [0.2, 0.25) is 0 Å². The van der Waals surface area contributed by atoms with Crippen molar-refractivity contribution in [3.05, 3.63) is 23.3 Å². The van der Waals surface area contributed by atoms with E-state index in [0.29, 0.717) is 5.06 Å². The van der Waals surface area contributed by atoms with E-state index in [9.17, 15) is 24.0 Å². The van der Waals surface area contributed by atoms with Gasteiger partial charge in [-0.2, -0.15) is 0 Å². The number of methoxy groups -OCH3 is 2. The Morgan fingerprint density at radius 2 is 1.61 bits per heavy atom. The van der Waals surface area contributed by atoms with E-state index in [1.54, 1.807) is 0 Å². The molecular weight excluding hydrogens is 378 g/mol. The van der Waals surface area contributed by atoms with E-state index in [-0.39, 0.29) is 24.0 Å². The number of amides is 2. The molecule has 1 saturated heterocycles. The van der Waals surface area contributed by atoms with E-state index in [2.05, 4.69) is 4.84 Å². The third-order valence-corrected chi connectivity index (χ3v) is 4.59. The summed E-state index contributed by atoms with van der Waals surface area (Å²) in [6, 6.07) is 0. The van der Waals surface area contributed by atoms with Crippen LogP contribution < -0.4 is 0 Å². The lowest BCUT2D eigenvalue weighted by molar-refractivity contribution is -0.178. The number of fused-ring (bicyclic) bond motifs is 2. The monoisotopic (exact) mass is 395 g/mol. The largest absolute Gasteiger partial charge is 0.534 e. The fourth-order valence-electron chi connectivity index (χ4n) is 3.33. The number of imide groups is 1. The summed E-state index contributed by atoms with van der Waals surface area (Å²) in [5.41, 5.74) is -3.15. The lowest BCUT2D eigenvalue weighted by atomic mass is 9.82. The molecule has 11 heteroatoms. The third-order valence-electron chi connectivity index (χ3n) is 4.59. The maximum atomic E-state index is 12.3. The zero-order chi connectivity index (χ0) is 20.7. The molecule has 150 valence electrons. The molecule has 28 heavy (non-hydrogen) atoms. The molecule has 0 N–H and O–H groups in total. The maximum Gasteiger partial charge on any atom is 0.534 e. The average molecular weight is 395 g/mol. The first kappa shape index (κ1) is 19.5. The second-order valence-electron chi connectivity index (χ2n) is 6.38. The zero-order valence-corrected chi connectivity index (χ0v) is 15.3. The second-order valence-corrected chi connectivity index (χ2v) is 6.38. The molecule has 0 radical (unpaired) electrons. The van der Waals surface area contributed by atoms with Crippen molar-refractivity contribution in [1.82, 2.24) is 5.06 Å². The van der Waals surface area contributed by atoms with Gasteiger partial charge >= 0.3 is 18.1 Å². The summed E-state index contributed by atoms with van der Waals surface area (Å²) in [6.45, 7) is 0.965. The predicted molar refractivity (Wildman–Crippen MR) is 85.9 cm³/mol. The Morgan fingerprint density at radius 3 is 2.18 bits per heavy atom. The van der Waals surface area contributed by atoms with Crippen LogP contribution in [-0.4, -0.2) is 67.0 Å². The predicted octanol–water partition coefficient (Wildman–Crippen LogP) is -0.0563. The van der Waals surface area contributed by atoms with Crippen LogP contribution in [-0.2, 0) is 43.0 Å². The molecule has 2 amide bonds. The SMILES string of the molecule is COC(=O)C1=C(C(=O)OC)C2(COC(=O)ON3C(=O)CCC3=O)C=CC1(C)O2. The van der Waals surface area contributed by atoms with Gasteiger partial charge in [-0.15, -0.1) is 0 Å². The van der Waals surface area contributed by atoms with Crippen molar-refractivity contribution in [1.29, 1.82) is 0 Å². The van der Waals surface area contributed by atoms with E-state index in [4.69, 9.17) is 18.9 Å². The van der Waals surface area contributed by atoms with Crippen molar-refractivity contribution in [2.24, 2.45) is 0 Å². The van der Waals surface area contributed by atoms with Gasteiger partial charge in [-0.1, -0.05) is 5.06 Å². The van der Waals surface area contributed by atoms with Gasteiger partial charge in [0.1, 0.15) is 12.2 Å². The highest BCUT2D eigenvalue weighted by molar-refractivity contribution is 6.06.